The number of carbonyl (C=O) groups is 1. The smallest absolute Gasteiger partial charge is 0.120 e. The van der Waals surface area contributed by atoms with E-state index in [-0.39, 0.29) is 0 Å². The second-order valence-corrected chi connectivity index (χ2v) is 12.3. The molecule has 0 aromatic heterocycles. The Morgan fingerprint density at radius 1 is 0.478 bits per heavy atom. The van der Waals surface area contributed by atoms with Crippen molar-refractivity contribution in [2.24, 2.45) is 118 Å². The van der Waals surface area contributed by atoms with Crippen LogP contribution in [0.5, 0.6) is 0 Å². The van der Waals surface area contributed by atoms with Crippen LogP contribution in [-0.2, 0) is 4.79 Å². The van der Waals surface area contributed by atoms with Crippen molar-refractivity contribution in [3.8, 4) is 0 Å². The van der Waals surface area contributed by atoms with Crippen molar-refractivity contribution in [2.75, 3.05) is 0 Å². The normalized spacial score (nSPS) is 98.5. The number of aldehydes is 1. The van der Waals surface area contributed by atoms with E-state index in [1.165, 1.54) is 65.5 Å². The molecule has 12 aliphatic carbocycles. The molecule has 12 atom stereocenters. The summed E-state index contributed by atoms with van der Waals surface area (Å²) in [4.78, 5) is 11.9. The van der Waals surface area contributed by atoms with Crippen molar-refractivity contribution >= 4 is 6.29 Å². The van der Waals surface area contributed by atoms with Gasteiger partial charge in [0.25, 0.3) is 0 Å². The van der Waals surface area contributed by atoms with E-state index in [0.717, 1.165) is 59.7 Å². The highest BCUT2D eigenvalue weighted by molar-refractivity contribution is 5.56. The highest BCUT2D eigenvalue weighted by atomic mass is 16.1. The molecular formula is C22H22O. The summed E-state index contributed by atoms with van der Waals surface area (Å²) < 4.78 is 0. The third-order valence-corrected chi connectivity index (χ3v) is 14.1. The second kappa shape index (κ2) is 2.21. The summed E-state index contributed by atoms with van der Waals surface area (Å²) in [5.74, 6) is 22.2. The standard InChI is InChI=1S/C22H22O/c23-2-1-22-19-13-7-4-3-5-9(7)15(19)17-11(5)12-6(3)10-8(4)14(13)20(22)16(10)18(12)21(17)22/h2-21H,1H2. The van der Waals surface area contributed by atoms with Crippen molar-refractivity contribution in [1.29, 1.82) is 0 Å². The monoisotopic (exact) mass is 302 g/mol. The molecule has 0 radical (unpaired) electrons. The molecule has 12 rings (SSSR count). The quantitative estimate of drug-likeness (QED) is 0.716. The summed E-state index contributed by atoms with van der Waals surface area (Å²) in [6.07, 6.45) is 2.41. The third kappa shape index (κ3) is 0.499. The fourth-order valence-electron chi connectivity index (χ4n) is 16.2. The van der Waals surface area contributed by atoms with Crippen LogP contribution in [0.4, 0.5) is 0 Å². The van der Waals surface area contributed by atoms with Crippen LogP contribution < -0.4 is 0 Å². The van der Waals surface area contributed by atoms with Crippen LogP contribution in [0.15, 0.2) is 0 Å². The van der Waals surface area contributed by atoms with E-state index in [9.17, 15) is 4.79 Å². The molecule has 12 unspecified atom stereocenters. The lowest BCUT2D eigenvalue weighted by Crippen LogP contribution is -2.36. The van der Waals surface area contributed by atoms with E-state index in [1.54, 1.807) is 0 Å². The Morgan fingerprint density at radius 3 is 1.00 bits per heavy atom. The lowest BCUT2D eigenvalue weighted by Gasteiger charge is -2.38. The van der Waals surface area contributed by atoms with Crippen molar-refractivity contribution in [3.63, 3.8) is 0 Å². The van der Waals surface area contributed by atoms with Gasteiger partial charge in [-0.25, -0.2) is 0 Å². The van der Waals surface area contributed by atoms with Gasteiger partial charge in [-0.3, -0.25) is 0 Å². The maximum Gasteiger partial charge on any atom is 0.120 e. The fraction of sp³-hybridized carbons (Fsp3) is 0.955. The molecule has 0 aromatic carbocycles. The maximum absolute atomic E-state index is 11.9. The molecule has 0 saturated heterocycles. The van der Waals surface area contributed by atoms with Crippen LogP contribution in [0.25, 0.3) is 0 Å². The largest absolute Gasteiger partial charge is 0.303 e. The van der Waals surface area contributed by atoms with Crippen LogP contribution in [0, 0.1) is 118 Å². The fourth-order valence-corrected chi connectivity index (χ4v) is 16.2. The average Bonchev–Trinajstić information content (AvgIpc) is 3.23. The molecule has 116 valence electrons. The first-order valence-corrected chi connectivity index (χ1v) is 10.9. The van der Waals surface area contributed by atoms with Gasteiger partial charge >= 0.3 is 0 Å². The van der Waals surface area contributed by atoms with Gasteiger partial charge in [0.05, 0.1) is 0 Å². The zero-order chi connectivity index (χ0) is 13.9. The van der Waals surface area contributed by atoms with Crippen molar-refractivity contribution in [1.82, 2.24) is 0 Å². The molecule has 0 spiro atoms. The van der Waals surface area contributed by atoms with Crippen molar-refractivity contribution < 1.29 is 4.79 Å². The van der Waals surface area contributed by atoms with E-state index in [1.807, 2.05) is 0 Å². The minimum atomic E-state index is 0.583. The Balaban J connectivity index is 1.42. The Hall–Kier alpha value is -0.330. The van der Waals surface area contributed by atoms with E-state index in [2.05, 4.69) is 0 Å². The number of rotatable bonds is 2. The summed E-state index contributed by atoms with van der Waals surface area (Å²) in [6, 6.07) is 0. The minimum absolute atomic E-state index is 0.583. The van der Waals surface area contributed by atoms with Crippen molar-refractivity contribution in [2.45, 2.75) is 6.42 Å². The SMILES string of the molecule is O=CCC12C3C4C5C6C7C8C5C3C3C8C5C7C7C6C4C1C7C5C32. The highest BCUT2D eigenvalue weighted by Crippen LogP contribution is 3.04. The molecule has 0 N–H and O–H groups in total. The molecule has 12 saturated carbocycles. The summed E-state index contributed by atoms with van der Waals surface area (Å²) in [5.41, 5.74) is 0.583. The van der Waals surface area contributed by atoms with E-state index in [0.29, 0.717) is 5.41 Å². The van der Waals surface area contributed by atoms with Gasteiger partial charge in [0.1, 0.15) is 6.29 Å². The maximum atomic E-state index is 11.9. The van der Waals surface area contributed by atoms with Crippen molar-refractivity contribution in [3.05, 3.63) is 0 Å². The molecule has 23 heavy (non-hydrogen) atoms. The predicted molar refractivity (Wildman–Crippen MR) is 79.4 cm³/mol. The molecule has 0 aliphatic heterocycles. The Labute approximate surface area is 136 Å². The lowest BCUT2D eigenvalue weighted by atomic mass is 9.65. The average molecular weight is 302 g/mol. The van der Waals surface area contributed by atoms with Gasteiger partial charge in [0, 0.05) is 6.42 Å². The van der Waals surface area contributed by atoms with Crippen LogP contribution in [0.2, 0.25) is 0 Å². The molecule has 12 aliphatic rings. The minimum Gasteiger partial charge on any atom is -0.303 e. The van der Waals surface area contributed by atoms with E-state index >= 15 is 0 Å². The van der Waals surface area contributed by atoms with Gasteiger partial charge in [-0.2, -0.15) is 0 Å². The zero-order valence-corrected chi connectivity index (χ0v) is 13.2. The van der Waals surface area contributed by atoms with Gasteiger partial charge in [-0.1, -0.05) is 0 Å². The number of hydrogen-bond acceptors (Lipinski definition) is 1. The lowest BCUT2D eigenvalue weighted by molar-refractivity contribution is -0.111. The Bertz CT molecular complexity index is 669. The van der Waals surface area contributed by atoms with Gasteiger partial charge in [-0.15, -0.1) is 0 Å². The first-order valence-electron chi connectivity index (χ1n) is 10.9. The molecule has 1 nitrogen and oxygen atoms in total. The highest BCUT2D eigenvalue weighted by Gasteiger charge is 3.01. The topological polar surface area (TPSA) is 17.1 Å². The Kier molecular flexibility index (Phi) is 0.960. The van der Waals surface area contributed by atoms with Crippen LogP contribution in [-0.4, -0.2) is 6.29 Å². The molecule has 12 fully saturated rings. The van der Waals surface area contributed by atoms with E-state index in [4.69, 9.17) is 0 Å². The molecule has 0 amide bonds. The van der Waals surface area contributed by atoms with Gasteiger partial charge in [0.2, 0.25) is 0 Å². The predicted octanol–water partition coefficient (Wildman–Crippen LogP) is 2.42. The van der Waals surface area contributed by atoms with Gasteiger partial charge in [-0.05, 0) is 118 Å². The number of carbonyl (C=O) groups excluding carboxylic acids is 1. The summed E-state index contributed by atoms with van der Waals surface area (Å²) in [7, 11) is 0. The summed E-state index contributed by atoms with van der Waals surface area (Å²) >= 11 is 0. The van der Waals surface area contributed by atoms with Crippen LogP contribution in [0.1, 0.15) is 6.42 Å². The van der Waals surface area contributed by atoms with Gasteiger partial charge < -0.3 is 4.79 Å². The molecular weight excluding hydrogens is 280 g/mol. The molecule has 0 bridgehead atoms. The third-order valence-electron chi connectivity index (χ3n) is 14.1. The second-order valence-electron chi connectivity index (χ2n) is 12.3. The zero-order valence-electron chi connectivity index (χ0n) is 13.2. The summed E-state index contributed by atoms with van der Waals surface area (Å²) in [5, 5.41) is 0. The molecule has 0 heterocycles. The molecule has 0 aromatic rings. The van der Waals surface area contributed by atoms with E-state index < -0.39 is 0 Å². The number of hydrogen-bond donors (Lipinski definition) is 0. The first-order chi connectivity index (χ1) is 11.4. The Morgan fingerprint density at radius 2 is 0.739 bits per heavy atom. The first kappa shape index (κ1) is 9.97. The van der Waals surface area contributed by atoms with Crippen LogP contribution >= 0.6 is 0 Å². The molecule has 1 heteroatoms. The van der Waals surface area contributed by atoms with Gasteiger partial charge in [0.15, 0.2) is 0 Å². The summed E-state index contributed by atoms with van der Waals surface area (Å²) in [6.45, 7) is 0. The van der Waals surface area contributed by atoms with Crippen LogP contribution in [0.3, 0.4) is 0 Å².